The Bertz CT molecular complexity index is 515. The number of ether oxygens (including phenoxy) is 2. The topological polar surface area (TPSA) is 52.6 Å². The minimum Gasteiger partial charge on any atom is -0.465 e. The van der Waals surface area contributed by atoms with Crippen molar-refractivity contribution in [2.45, 2.75) is 93.9 Å². The number of hydrogen-bond acceptors (Lipinski definition) is 4. The summed E-state index contributed by atoms with van der Waals surface area (Å²) in [6, 6.07) is 0. The molecule has 30 heavy (non-hydrogen) atoms. The van der Waals surface area contributed by atoms with E-state index < -0.39 is 11.8 Å². The maximum atomic E-state index is 12.7. The van der Waals surface area contributed by atoms with Crippen LogP contribution in [0.25, 0.3) is 0 Å². The summed E-state index contributed by atoms with van der Waals surface area (Å²) in [5, 5.41) is 0. The van der Waals surface area contributed by atoms with E-state index in [4.69, 9.17) is 9.47 Å². The summed E-state index contributed by atoms with van der Waals surface area (Å²) in [4.78, 5) is 25.3. The maximum Gasteiger partial charge on any atom is 0.310 e. The lowest BCUT2D eigenvalue weighted by molar-refractivity contribution is -0.161. The molecule has 0 N–H and O–H groups in total. The Balaban J connectivity index is 2.46. The third-order valence-corrected chi connectivity index (χ3v) is 5.67. The van der Waals surface area contributed by atoms with E-state index in [0.29, 0.717) is 37.9 Å². The Hall–Kier alpha value is -1.32. The fourth-order valence-electron chi connectivity index (χ4n) is 4.57. The summed E-state index contributed by atoms with van der Waals surface area (Å²) in [6.07, 6.45) is 8.96. The molecule has 0 aromatic heterocycles. The maximum absolute atomic E-state index is 12.7. The van der Waals surface area contributed by atoms with Gasteiger partial charge >= 0.3 is 11.9 Å². The smallest absolute Gasteiger partial charge is 0.310 e. The van der Waals surface area contributed by atoms with Crippen LogP contribution in [0.5, 0.6) is 0 Å². The quantitative estimate of drug-likeness (QED) is 0.295. The molecule has 0 spiro atoms. The van der Waals surface area contributed by atoms with Gasteiger partial charge in [-0.2, -0.15) is 0 Å². The fourth-order valence-corrected chi connectivity index (χ4v) is 4.57. The van der Waals surface area contributed by atoms with Crippen LogP contribution in [0.4, 0.5) is 0 Å². The number of allylic oxidation sites excluding steroid dienone is 2. The van der Waals surface area contributed by atoms with Gasteiger partial charge < -0.3 is 9.47 Å². The molecule has 174 valence electrons. The van der Waals surface area contributed by atoms with Gasteiger partial charge in [-0.3, -0.25) is 9.59 Å². The van der Waals surface area contributed by atoms with Gasteiger partial charge in [0.1, 0.15) is 0 Å². The van der Waals surface area contributed by atoms with E-state index in [1.807, 2.05) is 12.2 Å². The van der Waals surface area contributed by atoms with Crippen molar-refractivity contribution >= 4 is 11.9 Å². The van der Waals surface area contributed by atoms with Gasteiger partial charge in [-0.15, -0.1) is 0 Å². The van der Waals surface area contributed by atoms with Gasteiger partial charge in [-0.05, 0) is 61.2 Å². The van der Waals surface area contributed by atoms with Crippen molar-refractivity contribution < 1.29 is 19.1 Å². The first-order valence-corrected chi connectivity index (χ1v) is 11.8. The molecule has 0 saturated heterocycles. The van der Waals surface area contributed by atoms with E-state index >= 15 is 0 Å². The SMILES string of the molecule is CC(CCOC(=O)C1CC=CCC1C(=O)OCCC(C)CC(C)(C)C)CC(C)(C)C. The fraction of sp³-hybridized carbons (Fsp3) is 0.846. The third kappa shape index (κ3) is 11.2. The van der Waals surface area contributed by atoms with Crippen LogP contribution in [0.3, 0.4) is 0 Å². The predicted octanol–water partition coefficient (Wildman–Crippen LogP) is 6.58. The Morgan fingerprint density at radius 3 is 1.40 bits per heavy atom. The second-order valence-electron chi connectivity index (χ2n) is 11.8. The molecule has 0 fully saturated rings. The van der Waals surface area contributed by atoms with Crippen LogP contribution >= 0.6 is 0 Å². The van der Waals surface area contributed by atoms with Gasteiger partial charge in [0.15, 0.2) is 0 Å². The van der Waals surface area contributed by atoms with Crippen LogP contribution in [0, 0.1) is 34.5 Å². The van der Waals surface area contributed by atoms with Crippen molar-refractivity contribution in [3.05, 3.63) is 12.2 Å². The largest absolute Gasteiger partial charge is 0.465 e. The lowest BCUT2D eigenvalue weighted by atomic mass is 9.83. The Labute approximate surface area is 185 Å². The minimum absolute atomic E-state index is 0.259. The second-order valence-corrected chi connectivity index (χ2v) is 11.8. The summed E-state index contributed by atoms with van der Waals surface area (Å²) < 4.78 is 11.1. The summed E-state index contributed by atoms with van der Waals surface area (Å²) in [5.74, 6) is -0.365. The molecule has 4 unspecified atom stereocenters. The monoisotopic (exact) mass is 422 g/mol. The van der Waals surface area contributed by atoms with Crippen LogP contribution in [0.1, 0.15) is 93.9 Å². The van der Waals surface area contributed by atoms with Crippen LogP contribution in [0.2, 0.25) is 0 Å². The summed E-state index contributed by atoms with van der Waals surface area (Å²) >= 11 is 0. The Morgan fingerprint density at radius 1 is 0.767 bits per heavy atom. The van der Waals surface area contributed by atoms with E-state index in [1.54, 1.807) is 0 Å². The summed E-state index contributed by atoms with van der Waals surface area (Å²) in [7, 11) is 0. The molecule has 4 nitrogen and oxygen atoms in total. The van der Waals surface area contributed by atoms with Crippen molar-refractivity contribution in [1.29, 1.82) is 0 Å². The summed E-state index contributed by atoms with van der Waals surface area (Å²) in [6.45, 7) is 18.6. The van der Waals surface area contributed by atoms with Crippen molar-refractivity contribution in [2.75, 3.05) is 13.2 Å². The normalized spacial score (nSPS) is 21.7. The zero-order valence-electron chi connectivity index (χ0n) is 20.8. The number of carbonyl (C=O) groups is 2. The third-order valence-electron chi connectivity index (χ3n) is 5.67. The van der Waals surface area contributed by atoms with Gasteiger partial charge in [0.05, 0.1) is 25.0 Å². The molecule has 0 saturated carbocycles. The van der Waals surface area contributed by atoms with Gasteiger partial charge in [-0.25, -0.2) is 0 Å². The second kappa shape index (κ2) is 11.9. The van der Waals surface area contributed by atoms with Crippen molar-refractivity contribution in [1.82, 2.24) is 0 Å². The van der Waals surface area contributed by atoms with Gasteiger partial charge in [-0.1, -0.05) is 67.5 Å². The lowest BCUT2D eigenvalue weighted by Crippen LogP contribution is -2.34. The number of rotatable bonds is 10. The Morgan fingerprint density at radius 2 is 1.10 bits per heavy atom. The van der Waals surface area contributed by atoms with Crippen molar-refractivity contribution in [3.8, 4) is 0 Å². The van der Waals surface area contributed by atoms with Crippen LogP contribution < -0.4 is 0 Å². The minimum atomic E-state index is -0.424. The zero-order chi connectivity index (χ0) is 22.9. The molecule has 0 aromatic rings. The highest BCUT2D eigenvalue weighted by molar-refractivity contribution is 5.82. The van der Waals surface area contributed by atoms with Gasteiger partial charge in [0.2, 0.25) is 0 Å². The number of esters is 2. The van der Waals surface area contributed by atoms with E-state index in [0.717, 1.165) is 25.7 Å². The average molecular weight is 423 g/mol. The van der Waals surface area contributed by atoms with E-state index in [-0.39, 0.29) is 22.8 Å². The van der Waals surface area contributed by atoms with E-state index in [9.17, 15) is 9.59 Å². The van der Waals surface area contributed by atoms with Gasteiger partial charge in [0, 0.05) is 0 Å². The molecule has 0 amide bonds. The number of carbonyl (C=O) groups excluding carboxylic acids is 2. The summed E-state index contributed by atoms with van der Waals surface area (Å²) in [5.41, 5.74) is 0.549. The molecule has 0 radical (unpaired) electrons. The Kier molecular flexibility index (Phi) is 10.6. The zero-order valence-corrected chi connectivity index (χ0v) is 20.8. The molecule has 4 heteroatoms. The molecule has 1 aliphatic rings. The van der Waals surface area contributed by atoms with E-state index in [2.05, 4.69) is 55.4 Å². The molecule has 4 atom stereocenters. The average Bonchev–Trinajstić information content (AvgIpc) is 2.58. The molecule has 0 bridgehead atoms. The van der Waals surface area contributed by atoms with Gasteiger partial charge in [0.25, 0.3) is 0 Å². The standard InChI is InChI=1S/C26H46O4/c1-19(17-25(3,4)5)13-15-29-23(27)21-11-9-10-12-22(21)24(28)30-16-14-20(2)18-26(6,7)8/h9-10,19-22H,11-18H2,1-8H3. The molecule has 0 aliphatic heterocycles. The highest BCUT2D eigenvalue weighted by Gasteiger charge is 2.36. The van der Waals surface area contributed by atoms with Crippen LogP contribution in [-0.2, 0) is 19.1 Å². The van der Waals surface area contributed by atoms with Crippen LogP contribution in [-0.4, -0.2) is 25.2 Å². The van der Waals surface area contributed by atoms with E-state index in [1.165, 1.54) is 0 Å². The highest BCUT2D eigenvalue weighted by Crippen LogP contribution is 2.30. The van der Waals surface area contributed by atoms with Crippen molar-refractivity contribution in [2.24, 2.45) is 34.5 Å². The lowest BCUT2D eigenvalue weighted by Gasteiger charge is -2.27. The molecule has 0 heterocycles. The van der Waals surface area contributed by atoms with Crippen molar-refractivity contribution in [3.63, 3.8) is 0 Å². The first kappa shape index (κ1) is 26.7. The molecule has 1 aliphatic carbocycles. The first-order valence-electron chi connectivity index (χ1n) is 11.8. The first-order chi connectivity index (χ1) is 13.8. The number of hydrogen-bond donors (Lipinski definition) is 0. The molecule has 1 rings (SSSR count). The highest BCUT2D eigenvalue weighted by atomic mass is 16.5. The van der Waals surface area contributed by atoms with Crippen LogP contribution in [0.15, 0.2) is 12.2 Å². The molecular formula is C26H46O4. The predicted molar refractivity (Wildman–Crippen MR) is 123 cm³/mol. The molecular weight excluding hydrogens is 376 g/mol. The molecule has 0 aromatic carbocycles.